The summed E-state index contributed by atoms with van der Waals surface area (Å²) in [6.45, 7) is 1.28. The van der Waals surface area contributed by atoms with Gasteiger partial charge in [0.25, 0.3) is 0 Å². The Balaban J connectivity index is 1.66. The fourth-order valence-electron chi connectivity index (χ4n) is 2.95. The molecule has 0 aliphatic heterocycles. The minimum atomic E-state index is -0.581. The van der Waals surface area contributed by atoms with Crippen LogP contribution in [-0.2, 0) is 13.2 Å². The molecule has 0 bridgehead atoms. The quantitative estimate of drug-likeness (QED) is 0.475. The summed E-state index contributed by atoms with van der Waals surface area (Å²) in [4.78, 5) is 0. The molecular formula is C23H23Cl2NO3. The van der Waals surface area contributed by atoms with Crippen molar-refractivity contribution < 1.29 is 14.6 Å². The second-order valence-electron chi connectivity index (χ2n) is 6.54. The average molecular weight is 432 g/mol. The van der Waals surface area contributed by atoms with E-state index in [0.29, 0.717) is 41.2 Å². The Labute approximate surface area is 181 Å². The zero-order chi connectivity index (χ0) is 20.6. The third-order valence-electron chi connectivity index (χ3n) is 4.49. The van der Waals surface area contributed by atoms with E-state index in [9.17, 15) is 5.11 Å². The van der Waals surface area contributed by atoms with Crippen LogP contribution in [0, 0.1) is 0 Å². The van der Waals surface area contributed by atoms with Crippen molar-refractivity contribution >= 4 is 23.2 Å². The minimum absolute atomic E-state index is 0.330. The third-order valence-corrected chi connectivity index (χ3v) is 5.22. The molecule has 3 rings (SSSR count). The molecule has 0 aromatic heterocycles. The molecule has 0 fully saturated rings. The van der Waals surface area contributed by atoms with E-state index in [0.717, 1.165) is 16.7 Å². The van der Waals surface area contributed by atoms with Gasteiger partial charge in [0.1, 0.15) is 6.61 Å². The zero-order valence-corrected chi connectivity index (χ0v) is 17.6. The van der Waals surface area contributed by atoms with E-state index in [1.54, 1.807) is 19.2 Å². The first kappa shape index (κ1) is 21.5. The van der Waals surface area contributed by atoms with Gasteiger partial charge in [-0.15, -0.1) is 0 Å². The molecule has 4 nitrogen and oxygen atoms in total. The topological polar surface area (TPSA) is 50.7 Å². The van der Waals surface area contributed by atoms with Crippen LogP contribution < -0.4 is 14.8 Å². The van der Waals surface area contributed by atoms with Gasteiger partial charge in [-0.2, -0.15) is 0 Å². The van der Waals surface area contributed by atoms with Gasteiger partial charge in [-0.25, -0.2) is 0 Å². The van der Waals surface area contributed by atoms with Crippen molar-refractivity contribution in [1.82, 2.24) is 5.32 Å². The second-order valence-corrected chi connectivity index (χ2v) is 7.36. The van der Waals surface area contributed by atoms with Gasteiger partial charge in [0.15, 0.2) is 11.5 Å². The Morgan fingerprint density at radius 2 is 1.76 bits per heavy atom. The number of methoxy groups -OCH3 is 1. The number of ether oxygens (including phenoxy) is 2. The molecule has 0 saturated carbocycles. The van der Waals surface area contributed by atoms with Crippen molar-refractivity contribution in [2.45, 2.75) is 19.3 Å². The number of nitrogens with one attached hydrogen (secondary N) is 1. The van der Waals surface area contributed by atoms with E-state index in [2.05, 4.69) is 5.32 Å². The number of benzene rings is 3. The normalized spacial score (nSPS) is 11.9. The monoisotopic (exact) mass is 431 g/mol. The van der Waals surface area contributed by atoms with Gasteiger partial charge in [-0.1, -0.05) is 71.7 Å². The van der Waals surface area contributed by atoms with Crippen LogP contribution in [0.15, 0.2) is 66.7 Å². The number of halogens is 2. The molecule has 1 atom stereocenters. The highest BCUT2D eigenvalue weighted by atomic mass is 35.5. The molecule has 1 unspecified atom stereocenters. The highest BCUT2D eigenvalue weighted by molar-refractivity contribution is 6.42. The minimum Gasteiger partial charge on any atom is -0.493 e. The van der Waals surface area contributed by atoms with Crippen LogP contribution in [0.3, 0.4) is 0 Å². The smallest absolute Gasteiger partial charge is 0.166 e. The lowest BCUT2D eigenvalue weighted by atomic mass is 10.1. The molecule has 0 aliphatic rings. The molecule has 6 heteroatoms. The maximum Gasteiger partial charge on any atom is 0.166 e. The summed E-state index contributed by atoms with van der Waals surface area (Å²) in [5.74, 6) is 1.30. The van der Waals surface area contributed by atoms with Crippen LogP contribution in [0.4, 0.5) is 0 Å². The molecule has 3 aromatic carbocycles. The van der Waals surface area contributed by atoms with Gasteiger partial charge < -0.3 is 19.9 Å². The number of para-hydroxylation sites is 1. The van der Waals surface area contributed by atoms with Gasteiger partial charge in [0, 0.05) is 18.7 Å². The highest BCUT2D eigenvalue weighted by Crippen LogP contribution is 2.32. The van der Waals surface area contributed by atoms with Crippen molar-refractivity contribution in [3.05, 3.63) is 93.5 Å². The number of rotatable bonds is 9. The summed E-state index contributed by atoms with van der Waals surface area (Å²) in [6.07, 6.45) is -0.581. The van der Waals surface area contributed by atoms with E-state index in [4.69, 9.17) is 32.7 Å². The van der Waals surface area contributed by atoms with E-state index in [1.807, 2.05) is 54.6 Å². The van der Waals surface area contributed by atoms with Crippen LogP contribution in [0.1, 0.15) is 22.8 Å². The maximum atomic E-state index is 10.3. The molecule has 0 amide bonds. The van der Waals surface area contributed by atoms with Gasteiger partial charge >= 0.3 is 0 Å². The zero-order valence-electron chi connectivity index (χ0n) is 16.1. The van der Waals surface area contributed by atoms with Crippen molar-refractivity contribution in [3.63, 3.8) is 0 Å². The first-order valence-corrected chi connectivity index (χ1v) is 10.0. The summed E-state index contributed by atoms with van der Waals surface area (Å²) in [6, 6.07) is 20.7. The predicted molar refractivity (Wildman–Crippen MR) is 117 cm³/mol. The molecule has 0 radical (unpaired) electrons. The Hall–Kier alpha value is -2.24. The van der Waals surface area contributed by atoms with Crippen molar-refractivity contribution in [2.75, 3.05) is 13.7 Å². The number of hydrogen-bond acceptors (Lipinski definition) is 4. The Morgan fingerprint density at radius 1 is 0.966 bits per heavy atom. The van der Waals surface area contributed by atoms with Crippen LogP contribution in [-0.4, -0.2) is 18.8 Å². The molecule has 152 valence electrons. The lowest BCUT2D eigenvalue weighted by Gasteiger charge is -2.17. The standard InChI is InChI=1S/C23H23Cl2NO3/c1-28-22-9-5-8-18(13-26-14-21(27)17-6-3-2-4-7-17)23(22)29-15-16-10-11-19(24)20(25)12-16/h2-12,21,26-27H,13-15H2,1H3. The first-order valence-electron chi connectivity index (χ1n) is 9.25. The lowest BCUT2D eigenvalue weighted by molar-refractivity contribution is 0.174. The fraction of sp³-hybridized carbons (Fsp3) is 0.217. The molecule has 0 saturated heterocycles. The molecule has 0 heterocycles. The Morgan fingerprint density at radius 3 is 2.48 bits per heavy atom. The van der Waals surface area contributed by atoms with Gasteiger partial charge in [0.05, 0.1) is 23.3 Å². The highest BCUT2D eigenvalue weighted by Gasteiger charge is 2.13. The second kappa shape index (κ2) is 10.5. The number of aliphatic hydroxyl groups excluding tert-OH is 1. The largest absolute Gasteiger partial charge is 0.493 e. The lowest BCUT2D eigenvalue weighted by Crippen LogP contribution is -2.21. The van der Waals surface area contributed by atoms with Crippen molar-refractivity contribution in [1.29, 1.82) is 0 Å². The Bertz CT molecular complexity index is 935. The molecule has 2 N–H and O–H groups in total. The molecular weight excluding hydrogens is 409 g/mol. The van der Waals surface area contributed by atoms with E-state index >= 15 is 0 Å². The predicted octanol–water partition coefficient (Wildman–Crippen LogP) is 5.40. The van der Waals surface area contributed by atoms with Crippen LogP contribution in [0.25, 0.3) is 0 Å². The van der Waals surface area contributed by atoms with Crippen LogP contribution >= 0.6 is 23.2 Å². The Kier molecular flexibility index (Phi) is 7.78. The summed E-state index contributed by atoms with van der Waals surface area (Å²) < 4.78 is 11.5. The molecule has 0 aliphatic carbocycles. The third kappa shape index (κ3) is 5.87. The number of aliphatic hydroxyl groups is 1. The van der Waals surface area contributed by atoms with Gasteiger partial charge in [0.2, 0.25) is 0 Å². The average Bonchev–Trinajstić information content (AvgIpc) is 2.75. The van der Waals surface area contributed by atoms with E-state index in [1.165, 1.54) is 0 Å². The van der Waals surface area contributed by atoms with E-state index < -0.39 is 6.10 Å². The molecule has 0 spiro atoms. The van der Waals surface area contributed by atoms with Crippen molar-refractivity contribution in [2.24, 2.45) is 0 Å². The van der Waals surface area contributed by atoms with Gasteiger partial charge in [-0.3, -0.25) is 0 Å². The maximum absolute atomic E-state index is 10.3. The van der Waals surface area contributed by atoms with Gasteiger partial charge in [-0.05, 0) is 29.3 Å². The summed E-state index contributed by atoms with van der Waals surface area (Å²) >= 11 is 12.1. The van der Waals surface area contributed by atoms with Crippen LogP contribution in [0.5, 0.6) is 11.5 Å². The summed E-state index contributed by atoms with van der Waals surface area (Å²) in [5.41, 5.74) is 2.72. The number of hydrogen-bond donors (Lipinski definition) is 2. The first-order chi connectivity index (χ1) is 14.1. The summed E-state index contributed by atoms with van der Waals surface area (Å²) in [5, 5.41) is 14.6. The van der Waals surface area contributed by atoms with Crippen molar-refractivity contribution in [3.8, 4) is 11.5 Å². The van der Waals surface area contributed by atoms with Crippen LogP contribution in [0.2, 0.25) is 10.0 Å². The fourth-order valence-corrected chi connectivity index (χ4v) is 3.27. The summed E-state index contributed by atoms with van der Waals surface area (Å²) in [7, 11) is 1.61. The van der Waals surface area contributed by atoms with E-state index in [-0.39, 0.29) is 0 Å². The molecule has 3 aromatic rings. The SMILES string of the molecule is COc1cccc(CNCC(O)c2ccccc2)c1OCc1ccc(Cl)c(Cl)c1. The molecule has 29 heavy (non-hydrogen) atoms.